The summed E-state index contributed by atoms with van der Waals surface area (Å²) in [6.07, 6.45) is 0.343. The molecule has 0 saturated carbocycles. The van der Waals surface area contributed by atoms with Crippen LogP contribution in [-0.4, -0.2) is 10.9 Å². The topological polar surface area (TPSA) is 77.2 Å². The number of nitrogen functional groups attached to an aromatic ring is 1. The van der Waals surface area contributed by atoms with Crippen molar-refractivity contribution in [3.63, 3.8) is 0 Å². The highest BCUT2D eigenvalue weighted by atomic mass is 32.1. The van der Waals surface area contributed by atoms with Crippen LogP contribution in [-0.2, 0) is 11.4 Å². The summed E-state index contributed by atoms with van der Waals surface area (Å²) in [7, 11) is 0. The van der Waals surface area contributed by atoms with Gasteiger partial charge in [-0.05, 0) is 35.4 Å². The van der Waals surface area contributed by atoms with E-state index in [1.165, 1.54) is 23.5 Å². The van der Waals surface area contributed by atoms with E-state index in [0.717, 1.165) is 16.0 Å². The minimum absolute atomic E-state index is 0.0783. The highest BCUT2D eigenvalue weighted by Crippen LogP contribution is 2.42. The van der Waals surface area contributed by atoms with Gasteiger partial charge >= 0.3 is 0 Å². The Bertz CT molecular complexity index is 956. The summed E-state index contributed by atoms with van der Waals surface area (Å²) in [6, 6.07) is 13.8. The predicted octanol–water partition coefficient (Wildman–Crippen LogP) is 3.92. The first-order valence-corrected chi connectivity index (χ1v) is 8.93. The zero-order valence-electron chi connectivity index (χ0n) is 13.7. The van der Waals surface area contributed by atoms with Crippen molar-refractivity contribution >= 4 is 28.2 Å². The van der Waals surface area contributed by atoms with Gasteiger partial charge < -0.3 is 15.8 Å². The van der Waals surface area contributed by atoms with Gasteiger partial charge in [0.2, 0.25) is 5.91 Å². The molecule has 1 aliphatic rings. The van der Waals surface area contributed by atoms with Crippen molar-refractivity contribution in [2.45, 2.75) is 18.9 Å². The van der Waals surface area contributed by atoms with Gasteiger partial charge in [0, 0.05) is 12.3 Å². The highest BCUT2D eigenvalue weighted by molar-refractivity contribution is 7.16. The van der Waals surface area contributed by atoms with Crippen molar-refractivity contribution < 1.29 is 13.9 Å². The summed E-state index contributed by atoms with van der Waals surface area (Å²) in [6.45, 7) is 0.341. The first-order valence-electron chi connectivity index (χ1n) is 8.12. The Morgan fingerprint density at radius 1 is 1.27 bits per heavy atom. The summed E-state index contributed by atoms with van der Waals surface area (Å²) >= 11 is 1.39. The number of aromatic nitrogens is 1. The van der Waals surface area contributed by atoms with E-state index in [2.05, 4.69) is 10.3 Å². The number of anilines is 2. The summed E-state index contributed by atoms with van der Waals surface area (Å²) in [5.41, 5.74) is 7.66. The number of thiazole rings is 1. The minimum atomic E-state index is -0.272. The minimum Gasteiger partial charge on any atom is -0.489 e. The molecule has 7 heteroatoms. The lowest BCUT2D eigenvalue weighted by Crippen LogP contribution is -2.22. The first-order chi connectivity index (χ1) is 12.6. The van der Waals surface area contributed by atoms with Gasteiger partial charge in [-0.2, -0.15) is 0 Å². The van der Waals surface area contributed by atoms with Gasteiger partial charge in [-0.1, -0.05) is 35.6 Å². The second kappa shape index (κ2) is 6.76. The molecule has 3 aromatic rings. The lowest BCUT2D eigenvalue weighted by molar-refractivity contribution is -0.116. The van der Waals surface area contributed by atoms with Crippen molar-refractivity contribution in [1.82, 2.24) is 4.98 Å². The van der Waals surface area contributed by atoms with Gasteiger partial charge in [0.25, 0.3) is 0 Å². The standard InChI is InChI=1S/C19H16FN3O2S/c20-13-6-4-11(5-7-13)10-25-14-3-1-2-12(8-14)15-9-16(24)22-18-17(15)26-19(21)23-18/h1-8,15H,9-10H2,(H2,21,23)(H,22,24). The Labute approximate surface area is 153 Å². The monoisotopic (exact) mass is 369 g/mol. The van der Waals surface area contributed by atoms with E-state index in [4.69, 9.17) is 10.5 Å². The van der Waals surface area contributed by atoms with Gasteiger partial charge in [0.15, 0.2) is 5.13 Å². The Morgan fingerprint density at radius 2 is 2.08 bits per heavy atom. The fourth-order valence-corrected chi connectivity index (χ4v) is 3.89. The quantitative estimate of drug-likeness (QED) is 0.731. The molecule has 0 aliphatic carbocycles. The van der Waals surface area contributed by atoms with Crippen LogP contribution >= 0.6 is 11.3 Å². The summed E-state index contributed by atoms with van der Waals surface area (Å²) in [5, 5.41) is 3.20. The summed E-state index contributed by atoms with van der Waals surface area (Å²) in [5.74, 6) is 0.794. The van der Waals surface area contributed by atoms with Crippen molar-refractivity contribution in [3.8, 4) is 5.75 Å². The van der Waals surface area contributed by atoms with E-state index >= 15 is 0 Å². The molecule has 3 N–H and O–H groups in total. The van der Waals surface area contributed by atoms with Gasteiger partial charge in [-0.25, -0.2) is 9.37 Å². The SMILES string of the molecule is Nc1nc2c(s1)C(c1cccc(OCc3ccc(F)cc3)c1)CC(=O)N2. The molecular weight excluding hydrogens is 353 g/mol. The molecule has 2 aromatic carbocycles. The van der Waals surface area contributed by atoms with Crippen LogP contribution in [0.1, 0.15) is 28.3 Å². The predicted molar refractivity (Wildman–Crippen MR) is 98.8 cm³/mol. The van der Waals surface area contributed by atoms with Gasteiger partial charge in [0.05, 0.1) is 4.88 Å². The Balaban J connectivity index is 1.56. The number of carbonyl (C=O) groups excluding carboxylic acids is 1. The number of benzene rings is 2. The van der Waals surface area contributed by atoms with Crippen LogP contribution in [0.3, 0.4) is 0 Å². The number of carbonyl (C=O) groups is 1. The van der Waals surface area contributed by atoms with Crippen molar-refractivity contribution in [2.24, 2.45) is 0 Å². The molecule has 1 atom stereocenters. The maximum absolute atomic E-state index is 13.0. The number of ether oxygens (including phenoxy) is 1. The molecular formula is C19H16FN3O2S. The van der Waals surface area contributed by atoms with Crippen LogP contribution in [0.4, 0.5) is 15.3 Å². The van der Waals surface area contributed by atoms with E-state index in [1.807, 2.05) is 24.3 Å². The molecule has 0 saturated heterocycles. The largest absolute Gasteiger partial charge is 0.489 e. The molecule has 0 bridgehead atoms. The highest BCUT2D eigenvalue weighted by Gasteiger charge is 2.30. The van der Waals surface area contributed by atoms with E-state index in [9.17, 15) is 9.18 Å². The van der Waals surface area contributed by atoms with Crippen LogP contribution in [0.15, 0.2) is 48.5 Å². The van der Waals surface area contributed by atoms with Crippen molar-refractivity contribution in [1.29, 1.82) is 0 Å². The Kier molecular flexibility index (Phi) is 4.30. The van der Waals surface area contributed by atoms with Gasteiger partial charge in [0.1, 0.15) is 24.0 Å². The first kappa shape index (κ1) is 16.5. The smallest absolute Gasteiger partial charge is 0.226 e. The average molecular weight is 369 g/mol. The van der Waals surface area contributed by atoms with Crippen LogP contribution in [0.25, 0.3) is 0 Å². The lowest BCUT2D eigenvalue weighted by Gasteiger charge is -2.22. The molecule has 4 rings (SSSR count). The number of fused-ring (bicyclic) bond motifs is 1. The van der Waals surface area contributed by atoms with E-state index in [1.54, 1.807) is 12.1 Å². The van der Waals surface area contributed by atoms with Gasteiger partial charge in [-0.3, -0.25) is 4.79 Å². The number of rotatable bonds is 4. The molecule has 0 radical (unpaired) electrons. The number of hydrogen-bond donors (Lipinski definition) is 2. The van der Waals surface area contributed by atoms with Crippen LogP contribution < -0.4 is 15.8 Å². The van der Waals surface area contributed by atoms with Crippen LogP contribution in [0.2, 0.25) is 0 Å². The molecule has 0 fully saturated rings. The molecule has 5 nitrogen and oxygen atoms in total. The molecule has 26 heavy (non-hydrogen) atoms. The lowest BCUT2D eigenvalue weighted by atomic mass is 9.91. The zero-order valence-corrected chi connectivity index (χ0v) is 14.6. The van der Waals surface area contributed by atoms with E-state index in [-0.39, 0.29) is 17.6 Å². The number of hydrogen-bond acceptors (Lipinski definition) is 5. The average Bonchev–Trinajstić information content (AvgIpc) is 3.00. The molecule has 1 unspecified atom stereocenters. The molecule has 0 spiro atoms. The van der Waals surface area contributed by atoms with Crippen molar-refractivity contribution in [3.05, 3.63) is 70.4 Å². The van der Waals surface area contributed by atoms with Crippen molar-refractivity contribution in [2.75, 3.05) is 11.1 Å². The third-order valence-electron chi connectivity index (χ3n) is 4.21. The zero-order chi connectivity index (χ0) is 18.1. The number of halogens is 1. The Morgan fingerprint density at radius 3 is 2.88 bits per heavy atom. The third-order valence-corrected chi connectivity index (χ3v) is 5.21. The van der Waals surface area contributed by atoms with E-state index in [0.29, 0.717) is 29.7 Å². The maximum atomic E-state index is 13.0. The molecule has 1 amide bonds. The van der Waals surface area contributed by atoms with Gasteiger partial charge in [-0.15, -0.1) is 0 Å². The third kappa shape index (κ3) is 3.39. The van der Waals surface area contributed by atoms with E-state index < -0.39 is 0 Å². The maximum Gasteiger partial charge on any atom is 0.226 e. The van der Waals surface area contributed by atoms with Crippen LogP contribution in [0.5, 0.6) is 5.75 Å². The second-order valence-electron chi connectivity index (χ2n) is 6.06. The fraction of sp³-hybridized carbons (Fsp3) is 0.158. The molecule has 1 aliphatic heterocycles. The Hall–Kier alpha value is -2.93. The number of nitrogens with one attached hydrogen (secondary N) is 1. The normalized spacial score (nSPS) is 16.0. The second-order valence-corrected chi connectivity index (χ2v) is 7.12. The fourth-order valence-electron chi connectivity index (χ4n) is 2.97. The summed E-state index contributed by atoms with van der Waals surface area (Å²) in [4.78, 5) is 17.1. The molecule has 2 heterocycles. The summed E-state index contributed by atoms with van der Waals surface area (Å²) < 4.78 is 18.8. The number of nitrogens with zero attached hydrogens (tertiary/aromatic N) is 1. The number of amides is 1. The number of nitrogens with two attached hydrogens (primary N) is 1. The molecule has 132 valence electrons. The van der Waals surface area contributed by atoms with Crippen LogP contribution in [0, 0.1) is 5.82 Å². The molecule has 1 aromatic heterocycles.